The smallest absolute Gasteiger partial charge is 0.325 e. The predicted molar refractivity (Wildman–Crippen MR) is 60.2 cm³/mol. The quantitative estimate of drug-likeness (QED) is 0.676. The molecule has 0 aromatic carbocycles. The molecule has 1 atom stereocenters. The van der Waals surface area contributed by atoms with E-state index in [-0.39, 0.29) is 12.0 Å². The van der Waals surface area contributed by atoms with Crippen LogP contribution in [0.5, 0.6) is 0 Å². The molecule has 2 fully saturated rings. The van der Waals surface area contributed by atoms with Gasteiger partial charge in [0, 0.05) is 13.1 Å². The second-order valence-electron chi connectivity index (χ2n) is 4.76. The Morgan fingerprint density at radius 1 is 1.44 bits per heavy atom. The Bertz CT molecular complexity index is 238. The molecule has 1 aliphatic heterocycles. The molecule has 1 unspecified atom stereocenters. The van der Waals surface area contributed by atoms with Gasteiger partial charge in [0.2, 0.25) is 0 Å². The number of morpholine rings is 1. The van der Waals surface area contributed by atoms with Crippen molar-refractivity contribution in [3.8, 4) is 0 Å². The summed E-state index contributed by atoms with van der Waals surface area (Å²) in [5, 5.41) is 0. The average molecular weight is 227 g/mol. The summed E-state index contributed by atoms with van der Waals surface area (Å²) in [6, 6.07) is -0.181. The molecule has 0 aromatic heterocycles. The summed E-state index contributed by atoms with van der Waals surface area (Å²) < 4.78 is 10.2. The van der Waals surface area contributed by atoms with Crippen LogP contribution in [-0.4, -0.2) is 50.3 Å². The Morgan fingerprint density at radius 2 is 2.19 bits per heavy atom. The SMILES string of the molecule is COC(=O)C1COCCN1CC1CCCC1. The number of methoxy groups -OCH3 is 1. The lowest BCUT2D eigenvalue weighted by molar-refractivity contribution is -0.153. The second-order valence-corrected chi connectivity index (χ2v) is 4.76. The van der Waals surface area contributed by atoms with E-state index in [1.54, 1.807) is 0 Å². The fourth-order valence-electron chi connectivity index (χ4n) is 2.73. The van der Waals surface area contributed by atoms with Gasteiger partial charge in [-0.2, -0.15) is 0 Å². The fourth-order valence-corrected chi connectivity index (χ4v) is 2.73. The van der Waals surface area contributed by atoms with E-state index in [0.717, 1.165) is 25.6 Å². The van der Waals surface area contributed by atoms with Crippen molar-refractivity contribution in [2.24, 2.45) is 5.92 Å². The Balaban J connectivity index is 1.90. The van der Waals surface area contributed by atoms with E-state index in [9.17, 15) is 4.79 Å². The van der Waals surface area contributed by atoms with Crippen LogP contribution in [0.15, 0.2) is 0 Å². The zero-order valence-electron chi connectivity index (χ0n) is 9.98. The highest BCUT2D eigenvalue weighted by Gasteiger charge is 2.32. The summed E-state index contributed by atoms with van der Waals surface area (Å²) >= 11 is 0. The number of carbonyl (C=O) groups excluding carboxylic acids is 1. The lowest BCUT2D eigenvalue weighted by Gasteiger charge is -2.35. The number of rotatable bonds is 3. The van der Waals surface area contributed by atoms with Gasteiger partial charge in [-0.3, -0.25) is 9.69 Å². The Labute approximate surface area is 96.9 Å². The molecule has 0 aromatic rings. The van der Waals surface area contributed by atoms with E-state index in [4.69, 9.17) is 9.47 Å². The maximum absolute atomic E-state index is 11.6. The highest BCUT2D eigenvalue weighted by molar-refractivity contribution is 5.75. The molecule has 1 saturated heterocycles. The lowest BCUT2D eigenvalue weighted by atomic mass is 10.1. The lowest BCUT2D eigenvalue weighted by Crippen LogP contribution is -2.51. The van der Waals surface area contributed by atoms with Crippen molar-refractivity contribution in [1.29, 1.82) is 0 Å². The summed E-state index contributed by atoms with van der Waals surface area (Å²) in [5.74, 6) is 0.614. The number of nitrogens with zero attached hydrogens (tertiary/aromatic N) is 1. The van der Waals surface area contributed by atoms with Crippen molar-refractivity contribution in [3.05, 3.63) is 0 Å². The Morgan fingerprint density at radius 3 is 2.88 bits per heavy atom. The normalized spacial score (nSPS) is 28.2. The van der Waals surface area contributed by atoms with Gasteiger partial charge in [0.05, 0.1) is 20.3 Å². The van der Waals surface area contributed by atoms with Crippen molar-refractivity contribution < 1.29 is 14.3 Å². The van der Waals surface area contributed by atoms with Gasteiger partial charge in [-0.25, -0.2) is 0 Å². The number of carbonyl (C=O) groups is 1. The average Bonchev–Trinajstić information content (AvgIpc) is 2.82. The van der Waals surface area contributed by atoms with E-state index in [1.165, 1.54) is 32.8 Å². The molecular formula is C12H21NO3. The number of hydrogen-bond acceptors (Lipinski definition) is 4. The molecule has 0 radical (unpaired) electrons. The van der Waals surface area contributed by atoms with Crippen molar-refractivity contribution in [1.82, 2.24) is 4.90 Å². The summed E-state index contributed by atoms with van der Waals surface area (Å²) in [4.78, 5) is 13.8. The molecule has 16 heavy (non-hydrogen) atoms. The third kappa shape index (κ3) is 2.74. The fraction of sp³-hybridized carbons (Fsp3) is 0.917. The maximum atomic E-state index is 11.6. The van der Waals surface area contributed by atoms with Crippen LogP contribution in [0.4, 0.5) is 0 Å². The van der Waals surface area contributed by atoms with E-state index in [0.29, 0.717) is 6.61 Å². The van der Waals surface area contributed by atoms with Crippen LogP contribution in [0.3, 0.4) is 0 Å². The van der Waals surface area contributed by atoms with Crippen molar-refractivity contribution in [2.45, 2.75) is 31.7 Å². The molecule has 0 N–H and O–H groups in total. The zero-order chi connectivity index (χ0) is 11.4. The molecule has 2 aliphatic rings. The minimum atomic E-state index is -0.181. The standard InChI is InChI=1S/C12H21NO3/c1-15-12(14)11-9-16-7-6-13(11)8-10-4-2-3-5-10/h10-11H,2-9H2,1H3. The number of ether oxygens (including phenoxy) is 2. The van der Waals surface area contributed by atoms with Crippen LogP contribution < -0.4 is 0 Å². The predicted octanol–water partition coefficient (Wildman–Crippen LogP) is 1.05. The van der Waals surface area contributed by atoms with E-state index in [1.807, 2.05) is 0 Å². The third-order valence-corrected chi connectivity index (χ3v) is 3.68. The van der Waals surface area contributed by atoms with Crippen LogP contribution in [0.1, 0.15) is 25.7 Å². The second kappa shape index (κ2) is 5.64. The molecule has 1 saturated carbocycles. The molecule has 4 nitrogen and oxygen atoms in total. The van der Waals surface area contributed by atoms with Gasteiger partial charge in [0.15, 0.2) is 0 Å². The molecule has 4 heteroatoms. The first-order valence-corrected chi connectivity index (χ1v) is 6.21. The molecule has 0 bridgehead atoms. The van der Waals surface area contributed by atoms with Crippen molar-refractivity contribution in [2.75, 3.05) is 33.4 Å². The summed E-state index contributed by atoms with van der Waals surface area (Å²) in [6.07, 6.45) is 5.31. The number of hydrogen-bond donors (Lipinski definition) is 0. The highest BCUT2D eigenvalue weighted by Crippen LogP contribution is 2.26. The molecule has 1 aliphatic carbocycles. The van der Waals surface area contributed by atoms with Gasteiger partial charge in [-0.05, 0) is 18.8 Å². The zero-order valence-corrected chi connectivity index (χ0v) is 9.98. The summed E-state index contributed by atoms with van der Waals surface area (Å²) in [6.45, 7) is 3.11. The molecular weight excluding hydrogens is 206 g/mol. The summed E-state index contributed by atoms with van der Waals surface area (Å²) in [5.41, 5.74) is 0. The first-order chi connectivity index (χ1) is 7.81. The minimum Gasteiger partial charge on any atom is -0.468 e. The van der Waals surface area contributed by atoms with Crippen LogP contribution in [-0.2, 0) is 14.3 Å². The van der Waals surface area contributed by atoms with Crippen LogP contribution in [0.2, 0.25) is 0 Å². The van der Waals surface area contributed by atoms with Gasteiger partial charge in [0.25, 0.3) is 0 Å². The van der Waals surface area contributed by atoms with Gasteiger partial charge < -0.3 is 9.47 Å². The van der Waals surface area contributed by atoms with Gasteiger partial charge in [0.1, 0.15) is 6.04 Å². The van der Waals surface area contributed by atoms with Crippen molar-refractivity contribution in [3.63, 3.8) is 0 Å². The first-order valence-electron chi connectivity index (χ1n) is 6.21. The molecule has 1 heterocycles. The topological polar surface area (TPSA) is 38.8 Å². The first kappa shape index (κ1) is 11.9. The Kier molecular flexibility index (Phi) is 4.18. The van der Waals surface area contributed by atoms with Gasteiger partial charge in [-0.15, -0.1) is 0 Å². The Hall–Kier alpha value is -0.610. The maximum Gasteiger partial charge on any atom is 0.325 e. The largest absolute Gasteiger partial charge is 0.468 e. The van der Waals surface area contributed by atoms with Crippen LogP contribution >= 0.6 is 0 Å². The van der Waals surface area contributed by atoms with E-state index in [2.05, 4.69) is 4.90 Å². The van der Waals surface area contributed by atoms with Crippen LogP contribution in [0, 0.1) is 5.92 Å². The molecule has 2 rings (SSSR count). The van der Waals surface area contributed by atoms with Gasteiger partial charge in [-0.1, -0.05) is 12.8 Å². The molecule has 0 amide bonds. The molecule has 92 valence electrons. The van der Waals surface area contributed by atoms with Crippen molar-refractivity contribution >= 4 is 5.97 Å². The van der Waals surface area contributed by atoms with Crippen LogP contribution in [0.25, 0.3) is 0 Å². The van der Waals surface area contributed by atoms with Gasteiger partial charge >= 0.3 is 5.97 Å². The monoisotopic (exact) mass is 227 g/mol. The highest BCUT2D eigenvalue weighted by atomic mass is 16.5. The minimum absolute atomic E-state index is 0.155. The van der Waals surface area contributed by atoms with E-state index >= 15 is 0 Å². The summed E-state index contributed by atoms with van der Waals surface area (Å²) in [7, 11) is 1.45. The third-order valence-electron chi connectivity index (χ3n) is 3.68. The number of esters is 1. The van der Waals surface area contributed by atoms with E-state index < -0.39 is 0 Å². The molecule has 0 spiro atoms.